The zero-order chi connectivity index (χ0) is 17.7. The Morgan fingerprint density at radius 1 is 1.33 bits per heavy atom. The Kier molecular flexibility index (Phi) is 6.04. The summed E-state index contributed by atoms with van der Waals surface area (Å²) in [6.07, 6.45) is 3.26. The molecule has 1 aliphatic rings. The van der Waals surface area contributed by atoms with Gasteiger partial charge in [-0.1, -0.05) is 25.4 Å². The number of likely N-dealkylation sites (N-methyl/N-ethyl adjacent to an activating group) is 1. The number of amides is 2. The van der Waals surface area contributed by atoms with Crippen molar-refractivity contribution in [1.29, 1.82) is 0 Å². The van der Waals surface area contributed by atoms with E-state index in [0.717, 1.165) is 12.8 Å². The minimum atomic E-state index is -0.956. The van der Waals surface area contributed by atoms with Crippen LogP contribution in [0.5, 0.6) is 5.88 Å². The number of nitrogens with zero attached hydrogens (tertiary/aromatic N) is 1. The van der Waals surface area contributed by atoms with Gasteiger partial charge in [0.25, 0.3) is 5.91 Å². The average molecular weight is 354 g/mol. The van der Waals surface area contributed by atoms with Crippen molar-refractivity contribution in [2.75, 3.05) is 13.7 Å². The smallest absolute Gasteiger partial charge is 0.270 e. The van der Waals surface area contributed by atoms with Gasteiger partial charge in [0.1, 0.15) is 16.3 Å². The van der Waals surface area contributed by atoms with E-state index in [0.29, 0.717) is 30.4 Å². The summed E-state index contributed by atoms with van der Waals surface area (Å²) in [5, 5.41) is 5.78. The van der Waals surface area contributed by atoms with Gasteiger partial charge in [-0.05, 0) is 43.7 Å². The lowest BCUT2D eigenvalue weighted by molar-refractivity contribution is -0.127. The summed E-state index contributed by atoms with van der Waals surface area (Å²) in [6, 6.07) is 3.12. The number of hydrogen-bond acceptors (Lipinski definition) is 4. The number of nitrogens with one attached hydrogen (secondary N) is 2. The normalized spacial score (nSPS) is 14.2. The van der Waals surface area contributed by atoms with Gasteiger partial charge < -0.3 is 15.4 Å². The molecule has 0 bridgehead atoms. The van der Waals surface area contributed by atoms with Crippen LogP contribution in [0, 0.1) is 5.92 Å². The average Bonchev–Trinajstić information content (AvgIpc) is 3.42. The zero-order valence-electron chi connectivity index (χ0n) is 14.3. The number of pyridine rings is 1. The number of hydrogen-bond donors (Lipinski definition) is 2. The first kappa shape index (κ1) is 18.5. The summed E-state index contributed by atoms with van der Waals surface area (Å²) in [5.41, 5.74) is -0.775. The van der Waals surface area contributed by atoms with Gasteiger partial charge in [0, 0.05) is 7.05 Å². The summed E-state index contributed by atoms with van der Waals surface area (Å²) in [7, 11) is 1.55. The molecular weight excluding hydrogens is 330 g/mol. The molecule has 0 atom stereocenters. The van der Waals surface area contributed by atoms with Crippen LogP contribution in [0.25, 0.3) is 0 Å². The Hall–Kier alpha value is -1.82. The highest BCUT2D eigenvalue weighted by atomic mass is 35.5. The molecule has 6 nitrogen and oxygen atoms in total. The summed E-state index contributed by atoms with van der Waals surface area (Å²) in [4.78, 5) is 28.9. The molecule has 1 saturated carbocycles. The second-order valence-corrected chi connectivity index (χ2v) is 6.47. The standard InChI is InChI=1S/C17H24ClN3O3/c1-4-17(5-2,16(23)19-3)21-14(22)13-9-8-12(18)15(20-13)24-10-11-6-7-11/h8-9,11H,4-7,10H2,1-3H3,(H,19,23)(H,21,22). The van der Waals surface area contributed by atoms with Gasteiger partial charge in [0.2, 0.25) is 11.8 Å². The van der Waals surface area contributed by atoms with Crippen LogP contribution in [0.15, 0.2) is 12.1 Å². The monoisotopic (exact) mass is 353 g/mol. The highest BCUT2D eigenvalue weighted by Crippen LogP contribution is 2.31. The predicted molar refractivity (Wildman–Crippen MR) is 92.3 cm³/mol. The highest BCUT2D eigenvalue weighted by Gasteiger charge is 2.36. The van der Waals surface area contributed by atoms with E-state index in [1.54, 1.807) is 13.1 Å². The van der Waals surface area contributed by atoms with Crippen molar-refractivity contribution in [3.63, 3.8) is 0 Å². The number of aromatic nitrogens is 1. The van der Waals surface area contributed by atoms with E-state index in [9.17, 15) is 9.59 Å². The molecule has 1 aliphatic carbocycles. The molecule has 2 amide bonds. The number of carbonyl (C=O) groups excluding carboxylic acids is 2. The van der Waals surface area contributed by atoms with E-state index < -0.39 is 11.4 Å². The van der Waals surface area contributed by atoms with Crippen molar-refractivity contribution in [1.82, 2.24) is 15.6 Å². The quantitative estimate of drug-likeness (QED) is 0.752. The van der Waals surface area contributed by atoms with Crippen molar-refractivity contribution in [3.05, 3.63) is 22.8 Å². The SMILES string of the molecule is CCC(CC)(NC(=O)c1ccc(Cl)c(OCC2CC2)n1)C(=O)NC. The molecule has 1 aromatic heterocycles. The third kappa shape index (κ3) is 4.17. The minimum absolute atomic E-state index is 0.181. The first-order chi connectivity index (χ1) is 11.5. The lowest BCUT2D eigenvalue weighted by atomic mass is 9.91. The minimum Gasteiger partial charge on any atom is -0.476 e. The molecule has 0 aromatic carbocycles. The largest absolute Gasteiger partial charge is 0.476 e. The predicted octanol–water partition coefficient (Wildman–Crippen LogP) is 2.56. The molecule has 132 valence electrons. The molecule has 24 heavy (non-hydrogen) atoms. The van der Waals surface area contributed by atoms with Crippen LogP contribution in [0.3, 0.4) is 0 Å². The second-order valence-electron chi connectivity index (χ2n) is 6.06. The van der Waals surface area contributed by atoms with Gasteiger partial charge >= 0.3 is 0 Å². The fourth-order valence-corrected chi connectivity index (χ4v) is 2.62. The van der Waals surface area contributed by atoms with Crippen LogP contribution in [0.4, 0.5) is 0 Å². The van der Waals surface area contributed by atoms with E-state index in [1.165, 1.54) is 6.07 Å². The first-order valence-electron chi connectivity index (χ1n) is 8.29. The maximum atomic E-state index is 12.6. The highest BCUT2D eigenvalue weighted by molar-refractivity contribution is 6.31. The van der Waals surface area contributed by atoms with Crippen LogP contribution >= 0.6 is 11.6 Å². The lowest BCUT2D eigenvalue weighted by Crippen LogP contribution is -2.57. The fraction of sp³-hybridized carbons (Fsp3) is 0.588. The maximum absolute atomic E-state index is 12.6. The molecule has 2 N–H and O–H groups in total. The van der Waals surface area contributed by atoms with Crippen LogP contribution in [-0.4, -0.2) is 36.0 Å². The van der Waals surface area contributed by atoms with Gasteiger partial charge in [-0.25, -0.2) is 4.98 Å². The van der Waals surface area contributed by atoms with E-state index in [1.807, 2.05) is 13.8 Å². The molecule has 0 spiro atoms. The molecule has 1 aromatic rings. The second kappa shape index (κ2) is 7.83. The summed E-state index contributed by atoms with van der Waals surface area (Å²) in [5.74, 6) is 0.173. The molecule has 0 radical (unpaired) electrons. The van der Waals surface area contributed by atoms with Gasteiger partial charge in [-0.2, -0.15) is 0 Å². The van der Waals surface area contributed by atoms with Crippen LogP contribution < -0.4 is 15.4 Å². The van der Waals surface area contributed by atoms with Crippen LogP contribution in [-0.2, 0) is 4.79 Å². The molecule has 1 fully saturated rings. The Morgan fingerprint density at radius 2 is 2.00 bits per heavy atom. The summed E-state index contributed by atoms with van der Waals surface area (Å²) >= 11 is 6.08. The van der Waals surface area contributed by atoms with Gasteiger partial charge in [-0.15, -0.1) is 0 Å². The van der Waals surface area contributed by atoms with Crippen molar-refractivity contribution < 1.29 is 14.3 Å². The van der Waals surface area contributed by atoms with E-state index in [4.69, 9.17) is 16.3 Å². The topological polar surface area (TPSA) is 80.3 Å². The third-order valence-corrected chi connectivity index (χ3v) is 4.71. The fourth-order valence-electron chi connectivity index (χ4n) is 2.46. The van der Waals surface area contributed by atoms with E-state index >= 15 is 0 Å². The number of halogens is 1. The number of carbonyl (C=O) groups is 2. The van der Waals surface area contributed by atoms with Crippen LogP contribution in [0.1, 0.15) is 50.0 Å². The molecule has 2 rings (SSSR count). The van der Waals surface area contributed by atoms with Crippen LogP contribution in [0.2, 0.25) is 5.02 Å². The molecule has 7 heteroatoms. The molecule has 1 heterocycles. The van der Waals surface area contributed by atoms with Gasteiger partial charge in [0.15, 0.2) is 0 Å². The lowest BCUT2D eigenvalue weighted by Gasteiger charge is -2.30. The van der Waals surface area contributed by atoms with Gasteiger partial charge in [-0.3, -0.25) is 9.59 Å². The van der Waals surface area contributed by atoms with Crippen molar-refractivity contribution >= 4 is 23.4 Å². The molecule has 0 saturated heterocycles. The Bertz CT molecular complexity index is 613. The summed E-state index contributed by atoms with van der Waals surface area (Å²) in [6.45, 7) is 4.28. The van der Waals surface area contributed by atoms with Gasteiger partial charge in [0.05, 0.1) is 6.61 Å². The van der Waals surface area contributed by atoms with Crippen molar-refractivity contribution in [3.8, 4) is 5.88 Å². The Labute approximate surface area is 147 Å². The van der Waals surface area contributed by atoms with Crippen molar-refractivity contribution in [2.24, 2.45) is 5.92 Å². The number of rotatable bonds is 8. The number of ether oxygens (including phenoxy) is 1. The first-order valence-corrected chi connectivity index (χ1v) is 8.67. The summed E-state index contributed by atoms with van der Waals surface area (Å²) < 4.78 is 5.60. The third-order valence-electron chi connectivity index (χ3n) is 4.42. The molecular formula is C17H24ClN3O3. The maximum Gasteiger partial charge on any atom is 0.270 e. The van der Waals surface area contributed by atoms with E-state index in [2.05, 4.69) is 15.6 Å². The molecule has 0 unspecified atom stereocenters. The molecule has 0 aliphatic heterocycles. The Morgan fingerprint density at radius 3 is 2.54 bits per heavy atom. The van der Waals surface area contributed by atoms with Crippen molar-refractivity contribution in [2.45, 2.75) is 45.1 Å². The Balaban J connectivity index is 2.15. The zero-order valence-corrected chi connectivity index (χ0v) is 15.1. The van der Waals surface area contributed by atoms with E-state index in [-0.39, 0.29) is 17.5 Å².